The first-order chi connectivity index (χ1) is 12.2. The molecule has 0 aliphatic rings. The second-order valence-electron chi connectivity index (χ2n) is 5.26. The average molecular weight is 386 g/mol. The highest BCUT2D eigenvalue weighted by Gasteiger charge is 2.17. The van der Waals surface area contributed by atoms with Gasteiger partial charge < -0.3 is 0 Å². The molecule has 0 aliphatic carbocycles. The van der Waals surface area contributed by atoms with Crippen LogP contribution in [0.1, 0.15) is 0 Å². The normalized spacial score (nSPS) is 11.1. The van der Waals surface area contributed by atoms with Crippen LogP contribution in [-0.4, -0.2) is 20.8 Å². The molecule has 0 bridgehead atoms. The summed E-state index contributed by atoms with van der Waals surface area (Å²) in [7, 11) is 0. The summed E-state index contributed by atoms with van der Waals surface area (Å²) in [5, 5.41) is 0.620. The Balaban J connectivity index is 2.08. The number of thioether (sulfide) groups is 1. The van der Waals surface area contributed by atoms with Crippen molar-refractivity contribution in [2.24, 2.45) is 0 Å². The molecule has 0 fully saturated rings. The number of hydrogen-bond acceptors (Lipinski definition) is 5. The molecule has 25 heavy (non-hydrogen) atoms. The van der Waals surface area contributed by atoms with E-state index in [0.717, 1.165) is 15.6 Å². The van der Waals surface area contributed by atoms with Gasteiger partial charge >= 0.3 is 0 Å². The summed E-state index contributed by atoms with van der Waals surface area (Å²) < 4.78 is 3.00. The number of thiazole rings is 1. The van der Waals surface area contributed by atoms with Crippen LogP contribution in [0.15, 0.2) is 63.7 Å². The molecule has 0 saturated carbocycles. The summed E-state index contributed by atoms with van der Waals surface area (Å²) in [5.41, 5.74) is 1.95. The minimum Gasteiger partial charge on any atom is -0.267 e. The maximum absolute atomic E-state index is 13.2. The minimum absolute atomic E-state index is 0.121. The summed E-state index contributed by atoms with van der Waals surface area (Å²) in [5.74, 6) is 0.568. The Morgan fingerprint density at radius 2 is 1.76 bits per heavy atom. The van der Waals surface area contributed by atoms with Crippen molar-refractivity contribution in [2.45, 2.75) is 4.34 Å². The lowest BCUT2D eigenvalue weighted by Crippen LogP contribution is -2.21. The van der Waals surface area contributed by atoms with E-state index in [-0.39, 0.29) is 5.56 Å². The van der Waals surface area contributed by atoms with Crippen molar-refractivity contribution in [2.75, 3.05) is 6.26 Å². The van der Waals surface area contributed by atoms with Crippen molar-refractivity contribution in [3.63, 3.8) is 0 Å². The lowest BCUT2D eigenvalue weighted by molar-refractivity contribution is 0.973. The number of nitrogens with zero attached hydrogens (tertiary/aromatic N) is 3. The lowest BCUT2D eigenvalue weighted by Gasteiger charge is -2.12. The van der Waals surface area contributed by atoms with E-state index in [4.69, 9.17) is 11.6 Å². The fraction of sp³-hybridized carbons (Fsp3) is 0.0556. The number of benzene rings is 2. The molecule has 2 aromatic heterocycles. The van der Waals surface area contributed by atoms with Crippen molar-refractivity contribution < 1.29 is 0 Å². The highest BCUT2D eigenvalue weighted by atomic mass is 35.5. The molecular formula is C18H12ClN3OS2. The zero-order valence-corrected chi connectivity index (χ0v) is 15.5. The zero-order chi connectivity index (χ0) is 17.4. The SMILES string of the molecule is CSc1nc2nc(-c3ccccc3)n(-c3ccc(Cl)cc3)c(=O)c2s1. The number of fused-ring (bicyclic) bond motifs is 1. The summed E-state index contributed by atoms with van der Waals surface area (Å²) in [6.45, 7) is 0. The molecule has 4 rings (SSSR count). The van der Waals surface area contributed by atoms with Gasteiger partial charge in [-0.2, -0.15) is 0 Å². The second kappa shape index (κ2) is 6.63. The molecule has 0 unspecified atom stereocenters. The Hall–Kier alpha value is -2.15. The van der Waals surface area contributed by atoms with Crippen LogP contribution in [-0.2, 0) is 0 Å². The molecule has 0 spiro atoms. The molecule has 124 valence electrons. The fourth-order valence-corrected chi connectivity index (χ4v) is 4.11. The largest absolute Gasteiger partial charge is 0.278 e. The Morgan fingerprint density at radius 3 is 2.44 bits per heavy atom. The highest BCUT2D eigenvalue weighted by Crippen LogP contribution is 2.28. The Labute approximate surface area is 157 Å². The monoisotopic (exact) mass is 385 g/mol. The van der Waals surface area contributed by atoms with Gasteiger partial charge in [-0.1, -0.05) is 53.7 Å². The van der Waals surface area contributed by atoms with Gasteiger partial charge in [0.1, 0.15) is 10.5 Å². The average Bonchev–Trinajstić information content (AvgIpc) is 3.07. The molecule has 0 amide bonds. The molecule has 0 atom stereocenters. The standard InChI is InChI=1S/C18H12ClN3OS2/c1-24-18-21-15-14(25-18)17(23)22(13-9-7-12(19)8-10-13)16(20-15)11-5-3-2-4-6-11/h2-10H,1H3. The van der Waals surface area contributed by atoms with E-state index in [9.17, 15) is 4.79 Å². The van der Waals surface area contributed by atoms with Gasteiger partial charge in [-0.25, -0.2) is 9.97 Å². The van der Waals surface area contributed by atoms with Crippen LogP contribution in [0.5, 0.6) is 0 Å². The maximum atomic E-state index is 13.2. The number of aromatic nitrogens is 3. The summed E-state index contributed by atoms with van der Waals surface area (Å²) in [6, 6.07) is 16.8. The highest BCUT2D eigenvalue weighted by molar-refractivity contribution is 8.00. The van der Waals surface area contributed by atoms with Gasteiger partial charge in [0.2, 0.25) is 0 Å². The van der Waals surface area contributed by atoms with Crippen LogP contribution in [0.3, 0.4) is 0 Å². The van der Waals surface area contributed by atoms with Gasteiger partial charge in [0.25, 0.3) is 5.56 Å². The second-order valence-corrected chi connectivity index (χ2v) is 7.74. The van der Waals surface area contributed by atoms with Crippen LogP contribution in [0.4, 0.5) is 0 Å². The fourth-order valence-electron chi connectivity index (χ4n) is 2.55. The van der Waals surface area contributed by atoms with E-state index in [1.54, 1.807) is 16.7 Å². The molecule has 0 N–H and O–H groups in total. The molecule has 4 nitrogen and oxygen atoms in total. The van der Waals surface area contributed by atoms with Crippen molar-refractivity contribution in [1.29, 1.82) is 0 Å². The topological polar surface area (TPSA) is 47.8 Å². The van der Waals surface area contributed by atoms with E-state index in [0.29, 0.717) is 21.2 Å². The van der Waals surface area contributed by atoms with Gasteiger partial charge in [0.15, 0.2) is 9.99 Å². The van der Waals surface area contributed by atoms with Crippen LogP contribution in [0, 0.1) is 0 Å². The minimum atomic E-state index is -0.121. The smallest absolute Gasteiger partial charge is 0.267 e. The summed E-state index contributed by atoms with van der Waals surface area (Å²) in [6.07, 6.45) is 1.94. The molecular weight excluding hydrogens is 374 g/mol. The van der Waals surface area contributed by atoms with Gasteiger partial charge in [-0.05, 0) is 30.5 Å². The number of halogens is 1. The van der Waals surface area contributed by atoms with Crippen molar-refractivity contribution >= 4 is 45.0 Å². The van der Waals surface area contributed by atoms with Crippen molar-refractivity contribution in [1.82, 2.24) is 14.5 Å². The predicted molar refractivity (Wildman–Crippen MR) is 105 cm³/mol. The molecule has 4 aromatic rings. The molecule has 0 radical (unpaired) electrons. The zero-order valence-electron chi connectivity index (χ0n) is 13.1. The lowest BCUT2D eigenvalue weighted by atomic mass is 10.2. The first kappa shape index (κ1) is 16.3. The molecule has 0 aliphatic heterocycles. The van der Waals surface area contributed by atoms with Gasteiger partial charge in [0, 0.05) is 10.6 Å². The van der Waals surface area contributed by atoms with Crippen molar-refractivity contribution in [3.8, 4) is 17.1 Å². The van der Waals surface area contributed by atoms with Gasteiger partial charge in [-0.15, -0.1) is 11.3 Å². The van der Waals surface area contributed by atoms with E-state index in [1.165, 1.54) is 23.1 Å². The molecule has 0 saturated heterocycles. The predicted octanol–water partition coefficient (Wildman–Crippen LogP) is 4.88. The Bertz CT molecular complexity index is 1110. The van der Waals surface area contributed by atoms with Crippen molar-refractivity contribution in [3.05, 3.63) is 70.0 Å². The van der Waals surface area contributed by atoms with Crippen LogP contribution in [0.25, 0.3) is 27.4 Å². The third-order valence-electron chi connectivity index (χ3n) is 3.70. The quantitative estimate of drug-likeness (QED) is 0.471. The Morgan fingerprint density at radius 1 is 1.04 bits per heavy atom. The van der Waals surface area contributed by atoms with Crippen LogP contribution in [0.2, 0.25) is 5.02 Å². The van der Waals surface area contributed by atoms with E-state index < -0.39 is 0 Å². The number of rotatable bonds is 3. The van der Waals surface area contributed by atoms with Crippen LogP contribution < -0.4 is 5.56 Å². The summed E-state index contributed by atoms with van der Waals surface area (Å²) >= 11 is 8.88. The molecule has 2 aromatic carbocycles. The summed E-state index contributed by atoms with van der Waals surface area (Å²) in [4.78, 5) is 22.3. The van der Waals surface area contributed by atoms with E-state index in [2.05, 4.69) is 9.97 Å². The van der Waals surface area contributed by atoms with Gasteiger partial charge in [0.05, 0.1) is 5.69 Å². The third-order valence-corrected chi connectivity index (χ3v) is 5.97. The Kier molecular flexibility index (Phi) is 4.33. The number of hydrogen-bond donors (Lipinski definition) is 0. The third kappa shape index (κ3) is 2.97. The first-order valence-corrected chi connectivity index (χ1v) is 9.88. The van der Waals surface area contributed by atoms with Gasteiger partial charge in [-0.3, -0.25) is 9.36 Å². The van der Waals surface area contributed by atoms with E-state index in [1.807, 2.05) is 48.7 Å². The van der Waals surface area contributed by atoms with E-state index >= 15 is 0 Å². The molecule has 7 heteroatoms. The van der Waals surface area contributed by atoms with Crippen LogP contribution >= 0.6 is 34.7 Å². The molecule has 2 heterocycles. The maximum Gasteiger partial charge on any atom is 0.278 e. The first-order valence-electron chi connectivity index (χ1n) is 7.46.